The highest BCUT2D eigenvalue weighted by Crippen LogP contribution is 2.21. The smallest absolute Gasteiger partial charge is 0.0575 e. The van der Waals surface area contributed by atoms with Crippen molar-refractivity contribution < 1.29 is 4.74 Å². The van der Waals surface area contributed by atoms with Crippen LogP contribution in [0.2, 0.25) is 0 Å². The van der Waals surface area contributed by atoms with Crippen LogP contribution in [0.1, 0.15) is 45.4 Å². The predicted octanol–water partition coefficient (Wildman–Crippen LogP) is 3.76. The average molecular weight is 249 g/mol. The van der Waals surface area contributed by atoms with Gasteiger partial charge >= 0.3 is 0 Å². The molecule has 1 atom stereocenters. The van der Waals surface area contributed by atoms with Gasteiger partial charge in [0.1, 0.15) is 0 Å². The Morgan fingerprint density at radius 3 is 2.54 bits per heavy atom. The van der Waals surface area contributed by atoms with Crippen molar-refractivity contribution in [2.24, 2.45) is 5.92 Å². The summed E-state index contributed by atoms with van der Waals surface area (Å²) in [7, 11) is 0. The minimum atomic E-state index is 0.571. The Kier molecular flexibility index (Phi) is 6.05. The molecular weight excluding hydrogens is 228 g/mol. The van der Waals surface area contributed by atoms with E-state index >= 15 is 0 Å². The van der Waals surface area contributed by atoms with E-state index < -0.39 is 0 Å². The van der Waals surface area contributed by atoms with E-state index in [1.165, 1.54) is 38.5 Å². The molecule has 0 saturated heterocycles. The van der Waals surface area contributed by atoms with Gasteiger partial charge in [-0.3, -0.25) is 0 Å². The van der Waals surface area contributed by atoms with Gasteiger partial charge in [-0.2, -0.15) is 0 Å². The first kappa shape index (κ1) is 11.5. The molecule has 1 fully saturated rings. The number of hydrogen-bond donors (Lipinski definition) is 0. The monoisotopic (exact) mass is 248 g/mol. The van der Waals surface area contributed by atoms with Gasteiger partial charge in [0.15, 0.2) is 0 Å². The fraction of sp³-hybridized carbons (Fsp3) is 1.00. The van der Waals surface area contributed by atoms with Gasteiger partial charge < -0.3 is 4.74 Å². The standard InChI is InChI=1S/C11H21BrO/c1-2-10(8-12)9-13-11-6-4-3-5-7-11/h10-11H,2-9H2,1H3. The SMILES string of the molecule is CCC(CBr)COC1CCCCC1. The van der Waals surface area contributed by atoms with Crippen molar-refractivity contribution in [2.45, 2.75) is 51.6 Å². The highest BCUT2D eigenvalue weighted by atomic mass is 79.9. The fourth-order valence-electron chi connectivity index (χ4n) is 1.78. The molecule has 0 spiro atoms. The second kappa shape index (κ2) is 6.83. The Hall–Kier alpha value is 0.440. The Balaban J connectivity index is 2.09. The van der Waals surface area contributed by atoms with Crippen molar-refractivity contribution in [3.63, 3.8) is 0 Å². The Morgan fingerprint density at radius 2 is 2.00 bits per heavy atom. The maximum Gasteiger partial charge on any atom is 0.0575 e. The molecule has 1 unspecified atom stereocenters. The van der Waals surface area contributed by atoms with E-state index in [-0.39, 0.29) is 0 Å². The third-order valence-corrected chi connectivity index (χ3v) is 3.83. The highest BCUT2D eigenvalue weighted by Gasteiger charge is 2.15. The number of ether oxygens (including phenoxy) is 1. The summed E-state index contributed by atoms with van der Waals surface area (Å²) in [5.41, 5.74) is 0. The highest BCUT2D eigenvalue weighted by molar-refractivity contribution is 9.09. The molecule has 0 aromatic heterocycles. The Bertz CT molecular complexity index is 117. The normalized spacial score (nSPS) is 21.7. The summed E-state index contributed by atoms with van der Waals surface area (Å²) in [5, 5.41) is 1.08. The van der Waals surface area contributed by atoms with Crippen molar-refractivity contribution in [3.05, 3.63) is 0 Å². The van der Waals surface area contributed by atoms with Crippen LogP contribution < -0.4 is 0 Å². The zero-order chi connectivity index (χ0) is 9.52. The molecule has 2 heteroatoms. The largest absolute Gasteiger partial charge is 0.378 e. The molecule has 1 aliphatic carbocycles. The van der Waals surface area contributed by atoms with Crippen LogP contribution in [0.3, 0.4) is 0 Å². The van der Waals surface area contributed by atoms with E-state index in [0.29, 0.717) is 12.0 Å². The number of halogens is 1. The van der Waals surface area contributed by atoms with Crippen LogP contribution in [0, 0.1) is 5.92 Å². The van der Waals surface area contributed by atoms with Gasteiger partial charge in [0, 0.05) is 5.33 Å². The van der Waals surface area contributed by atoms with Crippen LogP contribution in [0.25, 0.3) is 0 Å². The average Bonchev–Trinajstić information content (AvgIpc) is 2.21. The van der Waals surface area contributed by atoms with Gasteiger partial charge in [0.05, 0.1) is 12.7 Å². The van der Waals surface area contributed by atoms with Gasteiger partial charge in [-0.05, 0) is 18.8 Å². The molecule has 0 aromatic rings. The van der Waals surface area contributed by atoms with Crippen LogP contribution >= 0.6 is 15.9 Å². The minimum absolute atomic E-state index is 0.571. The van der Waals surface area contributed by atoms with E-state index in [0.717, 1.165) is 11.9 Å². The quantitative estimate of drug-likeness (QED) is 0.674. The van der Waals surface area contributed by atoms with Crippen molar-refractivity contribution in [1.82, 2.24) is 0 Å². The first-order chi connectivity index (χ1) is 6.36. The fourth-order valence-corrected chi connectivity index (χ4v) is 2.42. The summed E-state index contributed by atoms with van der Waals surface area (Å²) in [6.07, 6.45) is 8.53. The van der Waals surface area contributed by atoms with Crippen molar-refractivity contribution in [3.8, 4) is 0 Å². The third kappa shape index (κ3) is 4.46. The summed E-state index contributed by atoms with van der Waals surface area (Å²) in [5.74, 6) is 0.710. The van der Waals surface area contributed by atoms with Crippen molar-refractivity contribution in [1.29, 1.82) is 0 Å². The van der Waals surface area contributed by atoms with E-state index in [2.05, 4.69) is 22.9 Å². The maximum atomic E-state index is 5.90. The zero-order valence-corrected chi connectivity index (χ0v) is 10.2. The van der Waals surface area contributed by atoms with Gasteiger partial charge in [-0.25, -0.2) is 0 Å². The van der Waals surface area contributed by atoms with E-state index in [9.17, 15) is 0 Å². The molecule has 0 amide bonds. The van der Waals surface area contributed by atoms with Gasteiger partial charge in [0.25, 0.3) is 0 Å². The van der Waals surface area contributed by atoms with Crippen LogP contribution in [0.5, 0.6) is 0 Å². The Morgan fingerprint density at radius 1 is 1.31 bits per heavy atom. The summed E-state index contributed by atoms with van der Waals surface area (Å²) in [6, 6.07) is 0. The first-order valence-electron chi connectivity index (χ1n) is 5.54. The van der Waals surface area contributed by atoms with E-state index in [1.54, 1.807) is 0 Å². The summed E-state index contributed by atoms with van der Waals surface area (Å²) < 4.78 is 5.90. The molecule has 13 heavy (non-hydrogen) atoms. The predicted molar refractivity (Wildman–Crippen MR) is 60.4 cm³/mol. The third-order valence-electron chi connectivity index (χ3n) is 2.92. The molecule has 0 bridgehead atoms. The molecule has 0 aliphatic heterocycles. The summed E-state index contributed by atoms with van der Waals surface area (Å²) in [6.45, 7) is 3.18. The molecule has 1 saturated carbocycles. The summed E-state index contributed by atoms with van der Waals surface area (Å²) >= 11 is 3.52. The maximum absolute atomic E-state index is 5.90. The first-order valence-corrected chi connectivity index (χ1v) is 6.66. The van der Waals surface area contributed by atoms with Crippen LogP contribution in [0.15, 0.2) is 0 Å². The summed E-state index contributed by atoms with van der Waals surface area (Å²) in [4.78, 5) is 0. The number of rotatable bonds is 5. The van der Waals surface area contributed by atoms with Gasteiger partial charge in [-0.15, -0.1) is 0 Å². The molecule has 1 nitrogen and oxygen atoms in total. The molecule has 0 heterocycles. The molecule has 1 aliphatic rings. The molecule has 0 aromatic carbocycles. The molecule has 0 N–H and O–H groups in total. The molecule has 0 radical (unpaired) electrons. The number of hydrogen-bond acceptors (Lipinski definition) is 1. The number of alkyl halides is 1. The second-order valence-corrected chi connectivity index (χ2v) is 4.67. The second-order valence-electron chi connectivity index (χ2n) is 4.02. The lowest BCUT2D eigenvalue weighted by atomic mass is 9.97. The molecular formula is C11H21BrO. The molecule has 78 valence electrons. The van der Waals surface area contributed by atoms with Crippen molar-refractivity contribution >= 4 is 15.9 Å². The van der Waals surface area contributed by atoms with Crippen LogP contribution in [-0.2, 0) is 4.74 Å². The van der Waals surface area contributed by atoms with Gasteiger partial charge in [-0.1, -0.05) is 48.5 Å². The lowest BCUT2D eigenvalue weighted by molar-refractivity contribution is 0.0113. The van der Waals surface area contributed by atoms with Crippen molar-refractivity contribution in [2.75, 3.05) is 11.9 Å². The van der Waals surface area contributed by atoms with Crippen LogP contribution in [0.4, 0.5) is 0 Å². The topological polar surface area (TPSA) is 9.23 Å². The van der Waals surface area contributed by atoms with E-state index in [4.69, 9.17) is 4.74 Å². The lowest BCUT2D eigenvalue weighted by Gasteiger charge is -2.24. The Labute approximate surface area is 90.4 Å². The minimum Gasteiger partial charge on any atom is -0.378 e. The molecule has 1 rings (SSSR count). The lowest BCUT2D eigenvalue weighted by Crippen LogP contribution is -2.21. The van der Waals surface area contributed by atoms with Crippen LogP contribution in [-0.4, -0.2) is 18.0 Å². The van der Waals surface area contributed by atoms with Gasteiger partial charge in [0.2, 0.25) is 0 Å². The van der Waals surface area contributed by atoms with E-state index in [1.807, 2.05) is 0 Å². The zero-order valence-electron chi connectivity index (χ0n) is 8.60.